The molecule has 0 aromatic carbocycles. The van der Waals surface area contributed by atoms with E-state index in [-0.39, 0.29) is 5.91 Å². The van der Waals surface area contributed by atoms with Crippen LogP contribution in [0.2, 0.25) is 0 Å². The minimum atomic E-state index is 0.0627. The van der Waals surface area contributed by atoms with Crippen LogP contribution in [0, 0.1) is 0 Å². The van der Waals surface area contributed by atoms with Gasteiger partial charge in [-0.3, -0.25) is 4.79 Å². The first kappa shape index (κ1) is 16.1. The fourth-order valence-electron chi connectivity index (χ4n) is 2.82. The van der Waals surface area contributed by atoms with Gasteiger partial charge in [0, 0.05) is 19.1 Å². The summed E-state index contributed by atoms with van der Waals surface area (Å²) < 4.78 is 0. The molecule has 0 saturated carbocycles. The van der Waals surface area contributed by atoms with E-state index in [0.717, 1.165) is 50.3 Å². The summed E-state index contributed by atoms with van der Waals surface area (Å²) in [6.07, 6.45) is 6.62. The van der Waals surface area contributed by atoms with Crippen molar-refractivity contribution in [2.24, 2.45) is 0 Å². The Morgan fingerprint density at radius 1 is 1.43 bits per heavy atom. The van der Waals surface area contributed by atoms with Crippen molar-refractivity contribution >= 4 is 28.2 Å². The van der Waals surface area contributed by atoms with E-state index >= 15 is 0 Å². The Morgan fingerprint density at radius 3 is 2.95 bits per heavy atom. The predicted octanol–water partition coefficient (Wildman–Crippen LogP) is 3.34. The molecule has 3 N–H and O–H groups in total. The van der Waals surface area contributed by atoms with Crippen LogP contribution in [0.25, 0.3) is 0 Å². The third kappa shape index (κ3) is 3.87. The lowest BCUT2D eigenvalue weighted by Crippen LogP contribution is -2.43. The fourth-order valence-corrected chi connectivity index (χ4v) is 3.69. The maximum absolute atomic E-state index is 12.8. The number of carbonyl (C=O) groups is 1. The van der Waals surface area contributed by atoms with Crippen molar-refractivity contribution in [3.05, 3.63) is 4.88 Å². The minimum absolute atomic E-state index is 0.0627. The molecule has 1 aromatic heterocycles. The maximum Gasteiger partial charge on any atom is 0.268 e. The average Bonchev–Trinajstić information content (AvgIpc) is 2.86. The van der Waals surface area contributed by atoms with E-state index in [0.29, 0.717) is 16.7 Å². The number of hydrogen-bond donors (Lipinski definition) is 2. The first-order valence-corrected chi connectivity index (χ1v) is 8.80. The highest BCUT2D eigenvalue weighted by molar-refractivity contribution is 7.18. The smallest absolute Gasteiger partial charge is 0.268 e. The van der Waals surface area contributed by atoms with Crippen molar-refractivity contribution in [3.63, 3.8) is 0 Å². The Morgan fingerprint density at radius 2 is 2.24 bits per heavy atom. The minimum Gasteiger partial charge on any atom is -0.382 e. The molecule has 1 aromatic rings. The highest BCUT2D eigenvalue weighted by atomic mass is 32.1. The standard InChI is InChI=1S/C15H26N4OS/c1-3-7-11-8-5-6-10-19(11)14(20)12-13(16)18-15(21-12)17-9-4-2/h11H,3-10,16H2,1-2H3,(H,17,18). The second-order valence-corrected chi connectivity index (χ2v) is 6.60. The molecule has 2 rings (SSSR count). The molecule has 1 aliphatic heterocycles. The topological polar surface area (TPSA) is 71.2 Å². The van der Waals surface area contributed by atoms with Crippen molar-refractivity contribution < 1.29 is 4.79 Å². The quantitative estimate of drug-likeness (QED) is 0.845. The average molecular weight is 310 g/mol. The van der Waals surface area contributed by atoms with E-state index in [1.807, 2.05) is 4.90 Å². The number of carbonyl (C=O) groups excluding carboxylic acids is 1. The first-order valence-electron chi connectivity index (χ1n) is 7.98. The van der Waals surface area contributed by atoms with Gasteiger partial charge >= 0.3 is 0 Å². The molecule has 118 valence electrons. The van der Waals surface area contributed by atoms with Gasteiger partial charge in [0.05, 0.1) is 0 Å². The van der Waals surface area contributed by atoms with Crippen LogP contribution in [0.5, 0.6) is 0 Å². The van der Waals surface area contributed by atoms with E-state index in [4.69, 9.17) is 5.73 Å². The van der Waals surface area contributed by atoms with Crippen molar-refractivity contribution in [3.8, 4) is 0 Å². The zero-order valence-electron chi connectivity index (χ0n) is 13.0. The molecule has 1 aliphatic rings. The lowest BCUT2D eigenvalue weighted by molar-refractivity contribution is 0.0606. The van der Waals surface area contributed by atoms with Gasteiger partial charge in [-0.05, 0) is 32.1 Å². The Balaban J connectivity index is 2.12. The maximum atomic E-state index is 12.8. The lowest BCUT2D eigenvalue weighted by Gasteiger charge is -2.35. The van der Waals surface area contributed by atoms with Gasteiger partial charge in [0.2, 0.25) is 0 Å². The molecule has 21 heavy (non-hydrogen) atoms. The molecule has 1 atom stereocenters. The fraction of sp³-hybridized carbons (Fsp3) is 0.733. The van der Waals surface area contributed by atoms with Crippen molar-refractivity contribution in [2.75, 3.05) is 24.1 Å². The second-order valence-electron chi connectivity index (χ2n) is 5.60. The van der Waals surface area contributed by atoms with Gasteiger partial charge in [0.15, 0.2) is 5.13 Å². The third-order valence-electron chi connectivity index (χ3n) is 3.88. The molecule has 6 heteroatoms. The van der Waals surface area contributed by atoms with E-state index in [2.05, 4.69) is 24.1 Å². The van der Waals surface area contributed by atoms with Gasteiger partial charge in [0.1, 0.15) is 10.7 Å². The Kier molecular flexibility index (Phi) is 5.85. The molecular weight excluding hydrogens is 284 g/mol. The second kappa shape index (κ2) is 7.64. The van der Waals surface area contributed by atoms with E-state index in [1.54, 1.807) is 0 Å². The summed E-state index contributed by atoms with van der Waals surface area (Å²) in [6, 6.07) is 0.366. The van der Waals surface area contributed by atoms with Crippen LogP contribution in [-0.2, 0) is 0 Å². The summed E-state index contributed by atoms with van der Waals surface area (Å²) in [5.41, 5.74) is 5.95. The summed E-state index contributed by atoms with van der Waals surface area (Å²) in [6.45, 7) is 5.96. The van der Waals surface area contributed by atoms with Gasteiger partial charge in [0.25, 0.3) is 5.91 Å². The number of nitrogens with zero attached hydrogens (tertiary/aromatic N) is 2. The van der Waals surface area contributed by atoms with Gasteiger partial charge in [-0.1, -0.05) is 31.6 Å². The number of nitrogens with two attached hydrogens (primary N) is 1. The van der Waals surface area contributed by atoms with Crippen LogP contribution in [0.4, 0.5) is 10.9 Å². The van der Waals surface area contributed by atoms with Crippen LogP contribution in [0.15, 0.2) is 0 Å². The van der Waals surface area contributed by atoms with E-state index < -0.39 is 0 Å². The molecule has 0 aliphatic carbocycles. The first-order chi connectivity index (χ1) is 10.2. The van der Waals surface area contributed by atoms with Crippen LogP contribution in [-0.4, -0.2) is 34.9 Å². The van der Waals surface area contributed by atoms with E-state index in [1.165, 1.54) is 17.8 Å². The SMILES string of the molecule is CCCNc1nc(N)c(C(=O)N2CCCCC2CCC)s1. The number of piperidine rings is 1. The number of rotatable bonds is 6. The van der Waals surface area contributed by atoms with Gasteiger partial charge in [-0.15, -0.1) is 0 Å². The highest BCUT2D eigenvalue weighted by Crippen LogP contribution is 2.30. The number of amides is 1. The number of likely N-dealkylation sites (tertiary alicyclic amines) is 1. The largest absolute Gasteiger partial charge is 0.382 e. The normalized spacial score (nSPS) is 18.8. The van der Waals surface area contributed by atoms with Crippen molar-refractivity contribution in [2.45, 2.75) is 58.4 Å². The molecule has 2 heterocycles. The molecule has 1 unspecified atom stereocenters. The van der Waals surface area contributed by atoms with Crippen molar-refractivity contribution in [1.82, 2.24) is 9.88 Å². The van der Waals surface area contributed by atoms with Crippen LogP contribution in [0.3, 0.4) is 0 Å². The molecule has 0 spiro atoms. The number of nitrogens with one attached hydrogen (secondary N) is 1. The zero-order valence-corrected chi connectivity index (χ0v) is 13.8. The molecule has 0 bridgehead atoms. The van der Waals surface area contributed by atoms with Gasteiger partial charge < -0.3 is 16.0 Å². The molecule has 1 fully saturated rings. The third-order valence-corrected chi connectivity index (χ3v) is 4.90. The van der Waals surface area contributed by atoms with Crippen LogP contribution in [0.1, 0.15) is 62.0 Å². The van der Waals surface area contributed by atoms with Crippen LogP contribution < -0.4 is 11.1 Å². The Labute approximate surface area is 130 Å². The highest BCUT2D eigenvalue weighted by Gasteiger charge is 2.29. The summed E-state index contributed by atoms with van der Waals surface area (Å²) in [5, 5.41) is 3.96. The number of hydrogen-bond acceptors (Lipinski definition) is 5. The summed E-state index contributed by atoms with van der Waals surface area (Å²) in [5.74, 6) is 0.428. The Bertz CT molecular complexity index is 472. The number of thiazole rings is 1. The summed E-state index contributed by atoms with van der Waals surface area (Å²) in [4.78, 5) is 19.7. The summed E-state index contributed by atoms with van der Waals surface area (Å²) in [7, 11) is 0. The van der Waals surface area contributed by atoms with Gasteiger partial charge in [-0.2, -0.15) is 0 Å². The molecular formula is C15H26N4OS. The lowest BCUT2D eigenvalue weighted by atomic mass is 9.98. The van der Waals surface area contributed by atoms with Crippen LogP contribution >= 0.6 is 11.3 Å². The number of nitrogen functional groups attached to an aromatic ring is 1. The molecule has 1 amide bonds. The number of anilines is 2. The van der Waals surface area contributed by atoms with E-state index in [9.17, 15) is 4.79 Å². The molecule has 1 saturated heterocycles. The number of aromatic nitrogens is 1. The van der Waals surface area contributed by atoms with Gasteiger partial charge in [-0.25, -0.2) is 4.98 Å². The molecule has 5 nitrogen and oxygen atoms in total. The van der Waals surface area contributed by atoms with Crippen molar-refractivity contribution in [1.29, 1.82) is 0 Å². The Hall–Kier alpha value is -1.30. The molecule has 0 radical (unpaired) electrons. The zero-order chi connectivity index (χ0) is 15.2. The summed E-state index contributed by atoms with van der Waals surface area (Å²) >= 11 is 1.38. The monoisotopic (exact) mass is 310 g/mol. The predicted molar refractivity (Wildman–Crippen MR) is 88.9 cm³/mol.